The van der Waals surface area contributed by atoms with Crippen molar-refractivity contribution in [2.45, 2.75) is 45.9 Å². The summed E-state index contributed by atoms with van der Waals surface area (Å²) in [6.45, 7) is 7.46. The van der Waals surface area contributed by atoms with Crippen LogP contribution in [0.3, 0.4) is 0 Å². The molecular weight excluding hydrogens is 224 g/mol. The summed E-state index contributed by atoms with van der Waals surface area (Å²) in [5.41, 5.74) is 9.35. The number of anilines is 1. The number of hydrogen-bond acceptors (Lipinski definition) is 3. The molecule has 18 heavy (non-hydrogen) atoms. The fourth-order valence-electron chi connectivity index (χ4n) is 2.72. The van der Waals surface area contributed by atoms with Gasteiger partial charge in [0.2, 0.25) is 0 Å². The molecule has 1 saturated carbocycles. The largest absolute Gasteiger partial charge is 0.399 e. The summed E-state index contributed by atoms with van der Waals surface area (Å²) in [4.78, 5) is 0. The average Bonchev–Trinajstić information content (AvgIpc) is 2.32. The molecule has 0 bridgehead atoms. The highest BCUT2D eigenvalue weighted by Gasteiger charge is 2.48. The standard InChI is InChI=1S/C15H24N2O/c1-10-7-11(5-6-12(10)16)9-17-13-8-14(18-4)15(13,2)3/h5-7,13-14,17H,8-9,16H2,1-4H3. The Labute approximate surface area is 110 Å². The maximum atomic E-state index is 5.82. The molecule has 1 aliphatic carbocycles. The molecule has 0 aliphatic heterocycles. The summed E-state index contributed by atoms with van der Waals surface area (Å²) in [6.07, 6.45) is 1.47. The molecule has 3 heteroatoms. The second-order valence-corrected chi connectivity index (χ2v) is 5.91. The lowest BCUT2D eigenvalue weighted by molar-refractivity contribution is -0.0979. The van der Waals surface area contributed by atoms with E-state index in [2.05, 4.69) is 31.3 Å². The topological polar surface area (TPSA) is 47.3 Å². The molecule has 1 aliphatic rings. The van der Waals surface area contributed by atoms with Crippen LogP contribution in [-0.4, -0.2) is 19.3 Å². The zero-order valence-electron chi connectivity index (χ0n) is 11.8. The highest BCUT2D eigenvalue weighted by atomic mass is 16.5. The van der Waals surface area contributed by atoms with E-state index in [-0.39, 0.29) is 5.41 Å². The van der Waals surface area contributed by atoms with Gasteiger partial charge in [-0.05, 0) is 30.5 Å². The van der Waals surface area contributed by atoms with Crippen LogP contribution in [0.5, 0.6) is 0 Å². The van der Waals surface area contributed by atoms with Crippen molar-refractivity contribution in [3.05, 3.63) is 29.3 Å². The lowest BCUT2D eigenvalue weighted by Gasteiger charge is -2.51. The fraction of sp³-hybridized carbons (Fsp3) is 0.600. The monoisotopic (exact) mass is 248 g/mol. The molecule has 1 fully saturated rings. The van der Waals surface area contributed by atoms with E-state index >= 15 is 0 Å². The van der Waals surface area contributed by atoms with Crippen LogP contribution >= 0.6 is 0 Å². The van der Waals surface area contributed by atoms with E-state index in [1.807, 2.05) is 13.0 Å². The van der Waals surface area contributed by atoms with Gasteiger partial charge in [-0.15, -0.1) is 0 Å². The second kappa shape index (κ2) is 4.90. The average molecular weight is 248 g/mol. The molecule has 2 atom stereocenters. The van der Waals surface area contributed by atoms with Crippen molar-refractivity contribution in [2.24, 2.45) is 5.41 Å². The van der Waals surface area contributed by atoms with Crippen molar-refractivity contribution >= 4 is 5.69 Å². The van der Waals surface area contributed by atoms with E-state index in [1.165, 1.54) is 5.56 Å². The zero-order chi connectivity index (χ0) is 13.3. The number of nitrogens with two attached hydrogens (primary N) is 1. The Bertz CT molecular complexity index is 429. The number of aryl methyl sites for hydroxylation is 1. The second-order valence-electron chi connectivity index (χ2n) is 5.91. The Kier molecular flexibility index (Phi) is 3.64. The first-order valence-corrected chi connectivity index (χ1v) is 6.56. The van der Waals surface area contributed by atoms with Gasteiger partial charge in [0.15, 0.2) is 0 Å². The number of nitrogens with one attached hydrogen (secondary N) is 1. The molecule has 0 radical (unpaired) electrons. The molecule has 0 heterocycles. The van der Waals surface area contributed by atoms with Gasteiger partial charge in [-0.2, -0.15) is 0 Å². The molecule has 2 unspecified atom stereocenters. The maximum Gasteiger partial charge on any atom is 0.0652 e. The van der Waals surface area contributed by atoms with Crippen molar-refractivity contribution in [1.82, 2.24) is 5.32 Å². The van der Waals surface area contributed by atoms with Crippen LogP contribution in [0, 0.1) is 12.3 Å². The maximum absolute atomic E-state index is 5.82. The molecule has 0 aromatic heterocycles. The van der Waals surface area contributed by atoms with Gasteiger partial charge in [0.25, 0.3) is 0 Å². The molecule has 3 nitrogen and oxygen atoms in total. The molecular formula is C15H24N2O. The quantitative estimate of drug-likeness (QED) is 0.805. The van der Waals surface area contributed by atoms with Gasteiger partial charge in [0, 0.05) is 30.8 Å². The smallest absolute Gasteiger partial charge is 0.0652 e. The molecule has 2 rings (SSSR count). The Balaban J connectivity index is 1.91. The summed E-state index contributed by atoms with van der Waals surface area (Å²) in [5.74, 6) is 0. The summed E-state index contributed by atoms with van der Waals surface area (Å²) in [7, 11) is 1.80. The number of hydrogen-bond donors (Lipinski definition) is 2. The van der Waals surface area contributed by atoms with Gasteiger partial charge in [-0.25, -0.2) is 0 Å². The lowest BCUT2D eigenvalue weighted by atomic mass is 9.64. The van der Waals surface area contributed by atoms with Crippen LogP contribution in [-0.2, 0) is 11.3 Å². The number of nitrogen functional groups attached to an aromatic ring is 1. The summed E-state index contributed by atoms with van der Waals surface area (Å²) >= 11 is 0. The molecule has 1 aromatic carbocycles. The Morgan fingerprint density at radius 2 is 2.17 bits per heavy atom. The van der Waals surface area contributed by atoms with Crippen molar-refractivity contribution < 1.29 is 4.74 Å². The zero-order valence-corrected chi connectivity index (χ0v) is 11.8. The van der Waals surface area contributed by atoms with Crippen LogP contribution in [0.1, 0.15) is 31.4 Å². The number of ether oxygens (including phenoxy) is 1. The molecule has 0 amide bonds. The molecule has 0 saturated heterocycles. The Morgan fingerprint density at radius 3 is 2.72 bits per heavy atom. The van der Waals surface area contributed by atoms with Gasteiger partial charge in [0.05, 0.1) is 6.10 Å². The van der Waals surface area contributed by atoms with Crippen LogP contribution in [0.4, 0.5) is 5.69 Å². The summed E-state index contributed by atoms with van der Waals surface area (Å²) < 4.78 is 5.46. The summed E-state index contributed by atoms with van der Waals surface area (Å²) in [6, 6.07) is 6.76. The van der Waals surface area contributed by atoms with Crippen LogP contribution < -0.4 is 11.1 Å². The lowest BCUT2D eigenvalue weighted by Crippen LogP contribution is -2.60. The van der Waals surface area contributed by atoms with Gasteiger partial charge in [-0.1, -0.05) is 26.0 Å². The van der Waals surface area contributed by atoms with Gasteiger partial charge in [0.1, 0.15) is 0 Å². The third kappa shape index (κ3) is 2.38. The van der Waals surface area contributed by atoms with E-state index in [9.17, 15) is 0 Å². The molecule has 100 valence electrons. The third-order valence-electron chi connectivity index (χ3n) is 4.35. The first kappa shape index (κ1) is 13.4. The van der Waals surface area contributed by atoms with E-state index in [0.29, 0.717) is 12.1 Å². The highest BCUT2D eigenvalue weighted by molar-refractivity contribution is 5.47. The first-order valence-electron chi connectivity index (χ1n) is 6.56. The number of benzene rings is 1. The highest BCUT2D eigenvalue weighted by Crippen LogP contribution is 2.42. The summed E-state index contributed by atoms with van der Waals surface area (Å²) in [5, 5.41) is 3.62. The normalized spacial score (nSPS) is 25.8. The SMILES string of the molecule is COC1CC(NCc2ccc(N)c(C)c2)C1(C)C. The van der Waals surface area contributed by atoms with Crippen LogP contribution in [0.2, 0.25) is 0 Å². The van der Waals surface area contributed by atoms with Crippen molar-refractivity contribution in [2.75, 3.05) is 12.8 Å². The molecule has 0 spiro atoms. The van der Waals surface area contributed by atoms with Crippen LogP contribution in [0.25, 0.3) is 0 Å². The van der Waals surface area contributed by atoms with E-state index in [4.69, 9.17) is 10.5 Å². The minimum Gasteiger partial charge on any atom is -0.399 e. The van der Waals surface area contributed by atoms with E-state index in [1.54, 1.807) is 7.11 Å². The first-order chi connectivity index (χ1) is 8.45. The van der Waals surface area contributed by atoms with Gasteiger partial charge in [-0.3, -0.25) is 0 Å². The number of methoxy groups -OCH3 is 1. The van der Waals surface area contributed by atoms with E-state index < -0.39 is 0 Å². The van der Waals surface area contributed by atoms with Gasteiger partial charge >= 0.3 is 0 Å². The van der Waals surface area contributed by atoms with Crippen molar-refractivity contribution in [3.63, 3.8) is 0 Å². The minimum atomic E-state index is 0.220. The predicted octanol–water partition coefficient (Wildman–Crippen LogP) is 2.48. The molecule has 1 aromatic rings. The fourth-order valence-corrected chi connectivity index (χ4v) is 2.72. The van der Waals surface area contributed by atoms with Crippen molar-refractivity contribution in [1.29, 1.82) is 0 Å². The third-order valence-corrected chi connectivity index (χ3v) is 4.35. The predicted molar refractivity (Wildman–Crippen MR) is 75.4 cm³/mol. The van der Waals surface area contributed by atoms with Crippen molar-refractivity contribution in [3.8, 4) is 0 Å². The molecule has 3 N–H and O–H groups in total. The van der Waals surface area contributed by atoms with Gasteiger partial charge < -0.3 is 15.8 Å². The van der Waals surface area contributed by atoms with E-state index in [0.717, 1.165) is 24.2 Å². The van der Waals surface area contributed by atoms with Crippen LogP contribution in [0.15, 0.2) is 18.2 Å². The Morgan fingerprint density at radius 1 is 1.44 bits per heavy atom. The Hall–Kier alpha value is -1.06. The number of rotatable bonds is 4. The minimum absolute atomic E-state index is 0.220.